The topological polar surface area (TPSA) is 66.1 Å². The molecule has 1 unspecified atom stereocenters. The van der Waals surface area contributed by atoms with Crippen molar-refractivity contribution in [3.8, 4) is 0 Å². The molecule has 78 valence electrons. The largest absolute Gasteiger partial charge is 0.281 e. The van der Waals surface area contributed by atoms with E-state index in [1.165, 1.54) is 10.6 Å². The molecule has 1 aliphatic rings. The second-order valence-electron chi connectivity index (χ2n) is 3.61. The maximum atomic E-state index is 11.4. The van der Waals surface area contributed by atoms with Gasteiger partial charge in [-0.1, -0.05) is 0 Å². The molecule has 0 amide bonds. The highest BCUT2D eigenvalue weighted by atomic mass is 32.2. The maximum absolute atomic E-state index is 11.4. The van der Waals surface area contributed by atoms with E-state index in [2.05, 4.69) is 10.2 Å². The Morgan fingerprint density at radius 1 is 1.64 bits per heavy atom. The fraction of sp³-hybridized carbons (Fsp3) is 0.625. The Bertz CT molecular complexity index is 437. The van der Waals surface area contributed by atoms with Gasteiger partial charge in [0.2, 0.25) is 10.0 Å². The lowest BCUT2D eigenvalue weighted by Crippen LogP contribution is -2.37. The molecular formula is C8H13N3O2S. The van der Waals surface area contributed by atoms with Crippen LogP contribution in [-0.4, -0.2) is 35.7 Å². The third-order valence-electron chi connectivity index (χ3n) is 2.63. The van der Waals surface area contributed by atoms with Crippen LogP contribution in [0.15, 0.2) is 6.20 Å². The number of nitrogens with one attached hydrogen (secondary N) is 1. The van der Waals surface area contributed by atoms with Gasteiger partial charge in [0.15, 0.2) is 0 Å². The first-order valence-electron chi connectivity index (χ1n) is 4.49. The lowest BCUT2D eigenvalue weighted by Gasteiger charge is -2.30. The van der Waals surface area contributed by atoms with Crippen LogP contribution in [0.25, 0.3) is 0 Å². The second kappa shape index (κ2) is 3.06. The fourth-order valence-electron chi connectivity index (χ4n) is 1.90. The summed E-state index contributed by atoms with van der Waals surface area (Å²) in [6, 6.07) is -0.128. The fourth-order valence-corrected chi connectivity index (χ4v) is 3.01. The number of sulfonamides is 1. The zero-order valence-electron chi connectivity index (χ0n) is 8.19. The number of rotatable bonds is 1. The molecule has 1 aromatic heterocycles. The number of hydrogen-bond donors (Lipinski definition) is 1. The van der Waals surface area contributed by atoms with Crippen molar-refractivity contribution < 1.29 is 8.42 Å². The molecule has 1 aliphatic heterocycles. The number of fused-ring (bicyclic) bond motifs is 1. The van der Waals surface area contributed by atoms with Crippen molar-refractivity contribution in [2.45, 2.75) is 19.4 Å². The van der Waals surface area contributed by atoms with Crippen molar-refractivity contribution in [1.29, 1.82) is 0 Å². The molecule has 0 fully saturated rings. The van der Waals surface area contributed by atoms with Gasteiger partial charge in [0, 0.05) is 6.54 Å². The summed E-state index contributed by atoms with van der Waals surface area (Å²) in [7, 11) is -3.11. The van der Waals surface area contributed by atoms with Gasteiger partial charge in [-0.05, 0) is 18.9 Å². The first-order valence-corrected chi connectivity index (χ1v) is 6.34. The average Bonchev–Trinajstić information content (AvgIpc) is 2.50. The van der Waals surface area contributed by atoms with E-state index in [4.69, 9.17) is 0 Å². The molecule has 5 nitrogen and oxygen atoms in total. The molecule has 0 radical (unpaired) electrons. The van der Waals surface area contributed by atoms with Gasteiger partial charge >= 0.3 is 0 Å². The molecule has 0 saturated heterocycles. The van der Waals surface area contributed by atoms with E-state index in [0.29, 0.717) is 6.54 Å². The number of aromatic amines is 1. The molecule has 0 spiro atoms. The van der Waals surface area contributed by atoms with Crippen LogP contribution >= 0.6 is 0 Å². The van der Waals surface area contributed by atoms with E-state index in [1.807, 2.05) is 6.92 Å². The average molecular weight is 215 g/mol. The van der Waals surface area contributed by atoms with Gasteiger partial charge < -0.3 is 0 Å². The number of aromatic nitrogens is 2. The highest BCUT2D eigenvalue weighted by Crippen LogP contribution is 2.28. The van der Waals surface area contributed by atoms with Gasteiger partial charge in [-0.25, -0.2) is 8.42 Å². The molecule has 14 heavy (non-hydrogen) atoms. The van der Waals surface area contributed by atoms with Crippen molar-refractivity contribution in [3.63, 3.8) is 0 Å². The Morgan fingerprint density at radius 2 is 2.36 bits per heavy atom. The second-order valence-corrected chi connectivity index (χ2v) is 5.54. The SMILES string of the molecule is CC1c2[nH]ncc2CCN1S(C)(=O)=O. The van der Waals surface area contributed by atoms with Gasteiger partial charge in [-0.15, -0.1) is 0 Å². The van der Waals surface area contributed by atoms with Crippen molar-refractivity contribution in [3.05, 3.63) is 17.5 Å². The zero-order valence-corrected chi connectivity index (χ0v) is 9.00. The standard InChI is InChI=1S/C8H13N3O2S/c1-6-8-7(5-9-10-8)3-4-11(6)14(2,12)13/h5-6H,3-4H2,1-2H3,(H,9,10). The Labute approximate surface area is 83.2 Å². The molecule has 1 N–H and O–H groups in total. The maximum Gasteiger partial charge on any atom is 0.211 e. The summed E-state index contributed by atoms with van der Waals surface area (Å²) < 4.78 is 24.3. The molecule has 0 aromatic carbocycles. The quantitative estimate of drug-likeness (QED) is 0.732. The van der Waals surface area contributed by atoms with Gasteiger partial charge in [-0.2, -0.15) is 9.40 Å². The molecule has 6 heteroatoms. The molecule has 0 saturated carbocycles. The molecule has 1 atom stereocenters. The summed E-state index contributed by atoms with van der Waals surface area (Å²) >= 11 is 0. The zero-order chi connectivity index (χ0) is 10.3. The Kier molecular flexibility index (Phi) is 2.11. The third kappa shape index (κ3) is 1.44. The summed E-state index contributed by atoms with van der Waals surface area (Å²) in [5, 5.41) is 6.78. The first kappa shape index (κ1) is 9.67. The van der Waals surface area contributed by atoms with Crippen LogP contribution in [0.1, 0.15) is 24.2 Å². The van der Waals surface area contributed by atoms with Crippen molar-refractivity contribution in [2.75, 3.05) is 12.8 Å². The molecule has 2 rings (SSSR count). The minimum atomic E-state index is -3.11. The highest BCUT2D eigenvalue weighted by molar-refractivity contribution is 7.88. The smallest absolute Gasteiger partial charge is 0.211 e. The molecule has 2 heterocycles. The van der Waals surface area contributed by atoms with Gasteiger partial charge in [0.25, 0.3) is 0 Å². The summed E-state index contributed by atoms with van der Waals surface area (Å²) in [6.45, 7) is 2.42. The van der Waals surface area contributed by atoms with E-state index in [1.54, 1.807) is 6.20 Å². The van der Waals surface area contributed by atoms with Crippen LogP contribution in [0.2, 0.25) is 0 Å². The van der Waals surface area contributed by atoms with Gasteiger partial charge in [0.05, 0.1) is 24.2 Å². The van der Waals surface area contributed by atoms with E-state index in [9.17, 15) is 8.42 Å². The minimum absolute atomic E-state index is 0.128. The predicted octanol–water partition coefficient (Wildman–Crippen LogP) is 0.288. The van der Waals surface area contributed by atoms with Crippen LogP contribution in [0.3, 0.4) is 0 Å². The monoisotopic (exact) mass is 215 g/mol. The van der Waals surface area contributed by atoms with Crippen molar-refractivity contribution >= 4 is 10.0 Å². The highest BCUT2D eigenvalue weighted by Gasteiger charge is 2.30. The number of H-pyrrole nitrogens is 1. The van der Waals surface area contributed by atoms with Crippen LogP contribution in [-0.2, 0) is 16.4 Å². The Balaban J connectivity index is 2.39. The molecule has 0 bridgehead atoms. The van der Waals surface area contributed by atoms with E-state index in [-0.39, 0.29) is 6.04 Å². The predicted molar refractivity (Wildman–Crippen MR) is 52.3 cm³/mol. The normalized spacial score (nSPS) is 23.4. The van der Waals surface area contributed by atoms with Crippen LogP contribution in [0.5, 0.6) is 0 Å². The van der Waals surface area contributed by atoms with E-state index < -0.39 is 10.0 Å². The summed E-state index contributed by atoms with van der Waals surface area (Å²) in [4.78, 5) is 0. The van der Waals surface area contributed by atoms with Crippen LogP contribution < -0.4 is 0 Å². The summed E-state index contributed by atoms with van der Waals surface area (Å²) in [5.74, 6) is 0. The van der Waals surface area contributed by atoms with Crippen LogP contribution in [0.4, 0.5) is 0 Å². The van der Waals surface area contributed by atoms with E-state index in [0.717, 1.165) is 17.7 Å². The molecular weight excluding hydrogens is 202 g/mol. The summed E-state index contributed by atoms with van der Waals surface area (Å²) in [5.41, 5.74) is 2.04. The van der Waals surface area contributed by atoms with Gasteiger partial charge in [0.1, 0.15) is 0 Å². The lowest BCUT2D eigenvalue weighted by molar-refractivity contribution is 0.324. The van der Waals surface area contributed by atoms with Crippen LogP contribution in [0, 0.1) is 0 Å². The molecule has 0 aliphatic carbocycles. The van der Waals surface area contributed by atoms with Crippen molar-refractivity contribution in [1.82, 2.24) is 14.5 Å². The Morgan fingerprint density at radius 3 is 3.00 bits per heavy atom. The van der Waals surface area contributed by atoms with Gasteiger partial charge in [-0.3, -0.25) is 5.10 Å². The molecule has 1 aromatic rings. The number of hydrogen-bond acceptors (Lipinski definition) is 3. The number of nitrogens with zero attached hydrogens (tertiary/aromatic N) is 2. The summed E-state index contributed by atoms with van der Waals surface area (Å²) in [6.07, 6.45) is 3.75. The third-order valence-corrected chi connectivity index (χ3v) is 3.98. The minimum Gasteiger partial charge on any atom is -0.281 e. The Hall–Kier alpha value is -0.880. The first-order chi connectivity index (χ1) is 6.50. The van der Waals surface area contributed by atoms with E-state index >= 15 is 0 Å². The van der Waals surface area contributed by atoms with Crippen molar-refractivity contribution in [2.24, 2.45) is 0 Å². The lowest BCUT2D eigenvalue weighted by atomic mass is 10.0.